The summed E-state index contributed by atoms with van der Waals surface area (Å²) in [5.41, 5.74) is 12.8. The van der Waals surface area contributed by atoms with Crippen molar-refractivity contribution in [1.29, 1.82) is 0 Å². The van der Waals surface area contributed by atoms with Crippen molar-refractivity contribution in [3.05, 3.63) is 49.8 Å². The minimum Gasteiger partial charge on any atom is -0.385 e. The van der Waals surface area contributed by atoms with Crippen molar-refractivity contribution in [3.63, 3.8) is 0 Å². The minimum absolute atomic E-state index is 0.108. The molecule has 0 aliphatic rings. The fourth-order valence-electron chi connectivity index (χ4n) is 1.47. The van der Waals surface area contributed by atoms with E-state index in [1.807, 2.05) is 13.8 Å². The van der Waals surface area contributed by atoms with E-state index in [2.05, 4.69) is 9.97 Å². The molecule has 0 amide bonds. The highest BCUT2D eigenvalue weighted by Crippen LogP contribution is 2.03. The zero-order valence-electron chi connectivity index (χ0n) is 12.0. The van der Waals surface area contributed by atoms with Crippen LogP contribution in [0.3, 0.4) is 0 Å². The number of H-pyrrole nitrogens is 1. The van der Waals surface area contributed by atoms with Crippen LogP contribution in [0.15, 0.2) is 21.9 Å². The molecule has 2 heterocycles. The first-order chi connectivity index (χ1) is 9.22. The van der Waals surface area contributed by atoms with Crippen molar-refractivity contribution >= 4 is 11.6 Å². The molecule has 0 radical (unpaired) electrons. The maximum absolute atomic E-state index is 10.9. The molecule has 2 rings (SSSR count). The topological polar surface area (TPSA) is 120 Å². The van der Waals surface area contributed by atoms with Crippen LogP contribution in [0.5, 0.6) is 0 Å². The second-order valence-corrected chi connectivity index (χ2v) is 4.58. The quantitative estimate of drug-likeness (QED) is 0.637. The first kappa shape index (κ1) is 15.5. The van der Waals surface area contributed by atoms with Gasteiger partial charge in [0.2, 0.25) is 0 Å². The van der Waals surface area contributed by atoms with Gasteiger partial charge in [-0.15, -0.1) is 0 Å². The molecule has 20 heavy (non-hydrogen) atoms. The zero-order chi connectivity index (χ0) is 15.4. The Morgan fingerprint density at radius 2 is 1.70 bits per heavy atom. The standard InChI is InChI=1S/C7H10N2O.C6H9N3O/c1-4-3-5(2)7(10)9-6(4)8;1-4-3-9(2)6(10)8-5(4)7/h3H,1-2H3,(H3,8,9,10);3H,1-2H3,(H2,7,8,10). The van der Waals surface area contributed by atoms with Crippen molar-refractivity contribution in [2.24, 2.45) is 7.05 Å². The average Bonchev–Trinajstić information content (AvgIpc) is 2.35. The summed E-state index contributed by atoms with van der Waals surface area (Å²) in [5, 5.41) is 0. The van der Waals surface area contributed by atoms with Crippen LogP contribution in [-0.2, 0) is 7.05 Å². The second kappa shape index (κ2) is 6.05. The summed E-state index contributed by atoms with van der Waals surface area (Å²) < 4.78 is 1.39. The first-order valence-corrected chi connectivity index (χ1v) is 5.98. The van der Waals surface area contributed by atoms with Crippen LogP contribution >= 0.6 is 0 Å². The molecule has 0 aliphatic carbocycles. The third kappa shape index (κ3) is 3.71. The maximum atomic E-state index is 10.9. The number of nitrogens with zero attached hydrogens (tertiary/aromatic N) is 2. The molecular weight excluding hydrogens is 258 g/mol. The van der Waals surface area contributed by atoms with Crippen molar-refractivity contribution in [2.45, 2.75) is 20.8 Å². The van der Waals surface area contributed by atoms with Gasteiger partial charge in [-0.3, -0.25) is 4.79 Å². The van der Waals surface area contributed by atoms with Crippen LogP contribution in [-0.4, -0.2) is 14.5 Å². The second-order valence-electron chi connectivity index (χ2n) is 4.58. The Morgan fingerprint density at radius 3 is 2.20 bits per heavy atom. The molecule has 0 aromatic carbocycles. The van der Waals surface area contributed by atoms with Gasteiger partial charge in [-0.05, 0) is 32.4 Å². The molecule has 2 aromatic rings. The Labute approximate surface area is 116 Å². The molecule has 0 aliphatic heterocycles. The molecule has 0 spiro atoms. The fraction of sp³-hybridized carbons (Fsp3) is 0.308. The molecule has 0 saturated heterocycles. The average molecular weight is 277 g/mol. The molecule has 7 nitrogen and oxygen atoms in total. The fourth-order valence-corrected chi connectivity index (χ4v) is 1.47. The first-order valence-electron chi connectivity index (χ1n) is 5.98. The third-order valence-corrected chi connectivity index (χ3v) is 2.77. The lowest BCUT2D eigenvalue weighted by Gasteiger charge is -1.99. The van der Waals surface area contributed by atoms with E-state index in [9.17, 15) is 9.59 Å². The van der Waals surface area contributed by atoms with Gasteiger partial charge in [-0.2, -0.15) is 4.98 Å². The van der Waals surface area contributed by atoms with Gasteiger partial charge in [0.15, 0.2) is 0 Å². The van der Waals surface area contributed by atoms with Gasteiger partial charge in [0, 0.05) is 24.4 Å². The number of hydrogen-bond acceptors (Lipinski definition) is 5. The normalized spacial score (nSPS) is 9.80. The monoisotopic (exact) mass is 277 g/mol. The number of aromatic nitrogens is 3. The number of rotatable bonds is 0. The van der Waals surface area contributed by atoms with Crippen molar-refractivity contribution in [1.82, 2.24) is 14.5 Å². The minimum atomic E-state index is -0.317. The highest BCUT2D eigenvalue weighted by Gasteiger charge is 1.97. The summed E-state index contributed by atoms with van der Waals surface area (Å²) in [6.45, 7) is 5.42. The number of nitrogens with one attached hydrogen (secondary N) is 1. The van der Waals surface area contributed by atoms with Crippen LogP contribution in [0.1, 0.15) is 16.7 Å². The van der Waals surface area contributed by atoms with Gasteiger partial charge >= 0.3 is 5.69 Å². The number of anilines is 2. The molecule has 0 unspecified atom stereocenters. The molecule has 108 valence electrons. The van der Waals surface area contributed by atoms with E-state index in [4.69, 9.17) is 11.5 Å². The molecule has 0 bridgehead atoms. The summed E-state index contributed by atoms with van der Waals surface area (Å²) in [6.07, 6.45) is 1.66. The third-order valence-electron chi connectivity index (χ3n) is 2.77. The van der Waals surface area contributed by atoms with E-state index in [1.54, 1.807) is 26.2 Å². The zero-order valence-corrected chi connectivity index (χ0v) is 12.0. The molecule has 7 heteroatoms. The van der Waals surface area contributed by atoms with E-state index < -0.39 is 0 Å². The van der Waals surface area contributed by atoms with Crippen LogP contribution in [0.2, 0.25) is 0 Å². The summed E-state index contributed by atoms with van der Waals surface area (Å²) in [5.74, 6) is 0.763. The lowest BCUT2D eigenvalue weighted by atomic mass is 10.2. The number of aromatic amines is 1. The van der Waals surface area contributed by atoms with E-state index in [1.165, 1.54) is 4.57 Å². The lowest BCUT2D eigenvalue weighted by Crippen LogP contribution is -2.21. The van der Waals surface area contributed by atoms with Crippen molar-refractivity contribution in [3.8, 4) is 0 Å². The van der Waals surface area contributed by atoms with E-state index in [0.717, 1.165) is 11.1 Å². The van der Waals surface area contributed by atoms with Gasteiger partial charge in [-0.25, -0.2) is 4.79 Å². The predicted molar refractivity (Wildman–Crippen MR) is 79.6 cm³/mol. The van der Waals surface area contributed by atoms with Crippen LogP contribution in [0.4, 0.5) is 11.6 Å². The summed E-state index contributed by atoms with van der Waals surface area (Å²) in [6, 6.07) is 1.77. The Bertz CT molecular complexity index is 667. The lowest BCUT2D eigenvalue weighted by molar-refractivity contribution is 0.805. The number of pyridine rings is 1. The smallest absolute Gasteiger partial charge is 0.349 e. The van der Waals surface area contributed by atoms with E-state index >= 15 is 0 Å². The Kier molecular flexibility index (Phi) is 4.68. The molecule has 5 N–H and O–H groups in total. The SMILES string of the molecule is Cc1cc(C)c(=O)[nH]c1N.Cc1cn(C)c(=O)nc1N. The largest absolute Gasteiger partial charge is 0.385 e. The molecule has 0 fully saturated rings. The van der Waals surface area contributed by atoms with Gasteiger partial charge in [0.05, 0.1) is 0 Å². The number of nitrogens with two attached hydrogens (primary N) is 2. The van der Waals surface area contributed by atoms with Gasteiger partial charge in [0.25, 0.3) is 5.56 Å². The van der Waals surface area contributed by atoms with Gasteiger partial charge in [-0.1, -0.05) is 0 Å². The van der Waals surface area contributed by atoms with Crippen molar-refractivity contribution in [2.75, 3.05) is 11.5 Å². The number of hydrogen-bond donors (Lipinski definition) is 3. The number of nitrogen functional groups attached to an aromatic ring is 2. The maximum Gasteiger partial charge on any atom is 0.349 e. The van der Waals surface area contributed by atoms with Gasteiger partial charge in [0.1, 0.15) is 11.6 Å². The summed E-state index contributed by atoms with van der Waals surface area (Å²) >= 11 is 0. The predicted octanol–water partition coefficient (Wildman–Crippen LogP) is 0.245. The van der Waals surface area contributed by atoms with Gasteiger partial charge < -0.3 is 21.0 Å². The van der Waals surface area contributed by atoms with Crippen LogP contribution < -0.4 is 22.7 Å². The van der Waals surface area contributed by atoms with E-state index in [-0.39, 0.29) is 11.2 Å². The van der Waals surface area contributed by atoms with Crippen molar-refractivity contribution < 1.29 is 0 Å². The van der Waals surface area contributed by atoms with E-state index in [0.29, 0.717) is 17.2 Å². The molecule has 0 saturated carbocycles. The van der Waals surface area contributed by atoms with Crippen LogP contribution in [0.25, 0.3) is 0 Å². The molecule has 0 atom stereocenters. The summed E-state index contributed by atoms with van der Waals surface area (Å²) in [4.78, 5) is 27.7. The highest BCUT2D eigenvalue weighted by molar-refractivity contribution is 5.39. The molecule has 2 aromatic heterocycles. The molecular formula is C13H19N5O2. The Morgan fingerprint density at radius 1 is 1.10 bits per heavy atom. The van der Waals surface area contributed by atoms with Crippen LogP contribution in [0, 0.1) is 20.8 Å². The summed E-state index contributed by atoms with van der Waals surface area (Å²) in [7, 11) is 1.64. The number of aryl methyl sites for hydroxylation is 4. The highest BCUT2D eigenvalue weighted by atomic mass is 16.1. The Balaban J connectivity index is 0.000000200. The Hall–Kier alpha value is -2.57.